The molecule has 14 heteroatoms. The predicted molar refractivity (Wildman–Crippen MR) is 122 cm³/mol. The number of ether oxygens (including phenoxy) is 1. The van der Waals surface area contributed by atoms with Gasteiger partial charge in [0.25, 0.3) is 11.5 Å². The van der Waals surface area contributed by atoms with Crippen LogP contribution in [-0.2, 0) is 13.2 Å². The highest BCUT2D eigenvalue weighted by atomic mass is 35.5. The summed E-state index contributed by atoms with van der Waals surface area (Å²) in [5.41, 5.74) is 3.94. The van der Waals surface area contributed by atoms with Crippen LogP contribution in [0, 0.1) is 11.6 Å². The second-order valence-electron chi connectivity index (χ2n) is 7.49. The largest absolute Gasteiger partial charge is 0.471 e. The maximum Gasteiger partial charge on any atom is 0.344 e. The number of aliphatic hydroxyl groups is 1. The molecule has 0 aliphatic heterocycles. The van der Waals surface area contributed by atoms with Crippen molar-refractivity contribution in [3.8, 4) is 5.88 Å². The van der Waals surface area contributed by atoms with Crippen molar-refractivity contribution in [1.82, 2.24) is 18.7 Å². The smallest absolute Gasteiger partial charge is 0.344 e. The number of carbonyl (C=O) groups excluding carboxylic acids is 2. The molecule has 0 fully saturated rings. The number of imidazole rings is 1. The average molecular weight is 520 g/mol. The second-order valence-corrected chi connectivity index (χ2v) is 7.87. The second kappa shape index (κ2) is 9.71. The summed E-state index contributed by atoms with van der Waals surface area (Å²) in [6, 6.07) is 6.01. The predicted octanol–water partition coefficient (Wildman–Crippen LogP) is 1.48. The Morgan fingerprint density at radius 1 is 1.08 bits per heavy atom. The third kappa shape index (κ3) is 4.48. The molecule has 2 aromatic carbocycles. The molecule has 2 heterocycles. The zero-order chi connectivity index (χ0) is 26.1. The van der Waals surface area contributed by atoms with Gasteiger partial charge in [0.1, 0.15) is 31.2 Å². The van der Waals surface area contributed by atoms with Gasteiger partial charge < -0.3 is 15.6 Å². The lowest BCUT2D eigenvalue weighted by Gasteiger charge is -2.11. The fraction of sp³-hybridized carbons (Fsp3) is 0.136. The average Bonchev–Trinajstić information content (AvgIpc) is 3.13. The molecule has 186 valence electrons. The van der Waals surface area contributed by atoms with Gasteiger partial charge in [0.15, 0.2) is 5.02 Å². The summed E-state index contributed by atoms with van der Waals surface area (Å²) in [6.45, 7) is -1.46. The minimum atomic E-state index is -1.12. The fourth-order valence-corrected chi connectivity index (χ4v) is 3.72. The zero-order valence-corrected chi connectivity index (χ0v) is 18.9. The number of benzene rings is 2. The molecule has 4 aromatic rings. The van der Waals surface area contributed by atoms with Crippen molar-refractivity contribution in [3.05, 3.63) is 91.3 Å². The van der Waals surface area contributed by atoms with Gasteiger partial charge in [-0.1, -0.05) is 17.7 Å². The van der Waals surface area contributed by atoms with Gasteiger partial charge in [-0.25, -0.2) is 32.5 Å². The van der Waals surface area contributed by atoms with Gasteiger partial charge in [-0.3, -0.25) is 14.2 Å². The fourth-order valence-electron chi connectivity index (χ4n) is 3.51. The van der Waals surface area contributed by atoms with Crippen molar-refractivity contribution >= 4 is 34.6 Å². The van der Waals surface area contributed by atoms with Gasteiger partial charge in [0.2, 0.25) is 5.88 Å². The van der Waals surface area contributed by atoms with Gasteiger partial charge >= 0.3 is 11.7 Å². The Bertz CT molecular complexity index is 1640. The Labute approximate surface area is 204 Å². The first-order chi connectivity index (χ1) is 17.1. The van der Waals surface area contributed by atoms with Crippen LogP contribution in [0.25, 0.3) is 11.0 Å². The molecular weight excluding hydrogens is 504 g/mol. The molecule has 0 aliphatic carbocycles. The molecule has 0 bridgehead atoms. The molecule has 1 amide bonds. The Hall–Kier alpha value is -4.36. The Balaban J connectivity index is 1.64. The molecular formula is C22H16ClF2N5O6. The first-order valence-electron chi connectivity index (χ1n) is 10.1. The Morgan fingerprint density at radius 3 is 2.50 bits per heavy atom. The highest BCUT2D eigenvalue weighted by molar-refractivity contribution is 6.31. The van der Waals surface area contributed by atoms with Crippen LogP contribution in [0.2, 0.25) is 5.02 Å². The number of aliphatic hydroxyl groups excluding tert-OH is 1. The van der Waals surface area contributed by atoms with E-state index in [1.165, 1.54) is 24.3 Å². The standard InChI is InChI=1S/C22H16ClF2N5O6/c23-18-19(36-9-12-2-3-13(24)6-14(12)25)27-10-28(20(18)33)7-11-1-4-15-16(5-11)29(17(32)8-31)22(35)30(15)21(26)34/h1-6,10,31H,7-9H2,(H2,26,34). The summed E-state index contributed by atoms with van der Waals surface area (Å²) < 4.78 is 34.4. The van der Waals surface area contributed by atoms with Gasteiger partial charge in [-0.05, 0) is 29.8 Å². The highest BCUT2D eigenvalue weighted by Gasteiger charge is 2.21. The summed E-state index contributed by atoms with van der Waals surface area (Å²) in [7, 11) is 0. The summed E-state index contributed by atoms with van der Waals surface area (Å²) in [5, 5.41) is 8.81. The van der Waals surface area contributed by atoms with E-state index in [0.29, 0.717) is 20.8 Å². The van der Waals surface area contributed by atoms with E-state index in [2.05, 4.69) is 4.98 Å². The van der Waals surface area contributed by atoms with E-state index in [1.54, 1.807) is 0 Å². The minimum Gasteiger partial charge on any atom is -0.471 e. The molecule has 0 aliphatic rings. The molecule has 0 spiro atoms. The maximum absolute atomic E-state index is 13.8. The molecule has 3 N–H and O–H groups in total. The highest BCUT2D eigenvalue weighted by Crippen LogP contribution is 2.20. The molecule has 0 saturated heterocycles. The maximum atomic E-state index is 13.8. The van der Waals surface area contributed by atoms with Crippen LogP contribution < -0.4 is 21.7 Å². The van der Waals surface area contributed by atoms with Crippen LogP contribution in [-0.4, -0.2) is 42.3 Å². The molecule has 36 heavy (non-hydrogen) atoms. The summed E-state index contributed by atoms with van der Waals surface area (Å²) in [6.07, 6.45) is 1.12. The van der Waals surface area contributed by atoms with Crippen LogP contribution in [0.1, 0.15) is 15.9 Å². The third-order valence-electron chi connectivity index (χ3n) is 5.19. The third-order valence-corrected chi connectivity index (χ3v) is 5.52. The monoisotopic (exact) mass is 519 g/mol. The van der Waals surface area contributed by atoms with Crippen molar-refractivity contribution in [2.45, 2.75) is 13.2 Å². The van der Waals surface area contributed by atoms with Crippen LogP contribution in [0.4, 0.5) is 13.6 Å². The van der Waals surface area contributed by atoms with Gasteiger partial charge in [-0.15, -0.1) is 0 Å². The van der Waals surface area contributed by atoms with E-state index < -0.39 is 46.5 Å². The number of primary amides is 1. The molecule has 11 nitrogen and oxygen atoms in total. The van der Waals surface area contributed by atoms with E-state index in [4.69, 9.17) is 22.1 Å². The Morgan fingerprint density at radius 2 is 1.83 bits per heavy atom. The van der Waals surface area contributed by atoms with E-state index in [0.717, 1.165) is 17.0 Å². The Kier molecular flexibility index (Phi) is 6.68. The lowest BCUT2D eigenvalue weighted by atomic mass is 10.2. The number of rotatable bonds is 6. The molecule has 0 radical (unpaired) electrons. The number of halogens is 3. The van der Waals surface area contributed by atoms with E-state index in [9.17, 15) is 33.1 Å². The summed E-state index contributed by atoms with van der Waals surface area (Å²) >= 11 is 6.09. The summed E-state index contributed by atoms with van der Waals surface area (Å²) in [5.74, 6) is -2.84. The van der Waals surface area contributed by atoms with Crippen molar-refractivity contribution in [2.75, 3.05) is 6.61 Å². The van der Waals surface area contributed by atoms with Crippen LogP contribution in [0.5, 0.6) is 5.88 Å². The minimum absolute atomic E-state index is 0.0104. The van der Waals surface area contributed by atoms with Gasteiger partial charge in [0, 0.05) is 11.6 Å². The van der Waals surface area contributed by atoms with E-state index in [-0.39, 0.29) is 35.6 Å². The lowest BCUT2D eigenvalue weighted by Crippen LogP contribution is -2.35. The first kappa shape index (κ1) is 24.8. The number of amides is 1. The molecule has 0 saturated carbocycles. The number of carbonyl (C=O) groups is 2. The van der Waals surface area contributed by atoms with E-state index in [1.807, 2.05) is 0 Å². The molecule has 0 atom stereocenters. The SMILES string of the molecule is NC(=O)n1c(=O)n(C(=O)CO)c2cc(Cn3cnc(OCc4ccc(F)cc4F)c(Cl)c3=O)ccc21. The van der Waals surface area contributed by atoms with Crippen molar-refractivity contribution in [1.29, 1.82) is 0 Å². The van der Waals surface area contributed by atoms with Crippen molar-refractivity contribution in [3.63, 3.8) is 0 Å². The van der Waals surface area contributed by atoms with Crippen molar-refractivity contribution in [2.24, 2.45) is 5.73 Å². The number of hydrogen-bond donors (Lipinski definition) is 2. The van der Waals surface area contributed by atoms with Crippen molar-refractivity contribution < 1.29 is 28.2 Å². The quantitative estimate of drug-likeness (QED) is 0.391. The number of nitrogens with two attached hydrogens (primary N) is 1. The zero-order valence-electron chi connectivity index (χ0n) is 18.2. The normalized spacial score (nSPS) is 11.1. The summed E-state index contributed by atoms with van der Waals surface area (Å²) in [4.78, 5) is 53.0. The first-order valence-corrected chi connectivity index (χ1v) is 10.5. The molecule has 4 rings (SSSR count). The van der Waals surface area contributed by atoms with E-state index >= 15 is 0 Å². The number of nitrogens with zero attached hydrogens (tertiary/aromatic N) is 4. The van der Waals surface area contributed by atoms with Gasteiger partial charge in [0.05, 0.1) is 17.6 Å². The van der Waals surface area contributed by atoms with Crippen LogP contribution in [0.15, 0.2) is 52.3 Å². The molecule has 2 aromatic heterocycles. The topological polar surface area (TPSA) is 151 Å². The lowest BCUT2D eigenvalue weighted by molar-refractivity contribution is 0.0819. The number of hydrogen-bond acceptors (Lipinski definition) is 7. The molecule has 0 unspecified atom stereocenters. The number of aromatic nitrogens is 4. The number of fused-ring (bicyclic) bond motifs is 1. The van der Waals surface area contributed by atoms with Gasteiger partial charge in [-0.2, -0.15) is 0 Å². The van der Waals surface area contributed by atoms with Crippen LogP contribution >= 0.6 is 11.6 Å². The van der Waals surface area contributed by atoms with Crippen LogP contribution in [0.3, 0.4) is 0 Å².